The maximum atomic E-state index is 13.8. The Labute approximate surface area is 158 Å². The summed E-state index contributed by atoms with van der Waals surface area (Å²) in [6.07, 6.45) is 1.44. The van der Waals surface area contributed by atoms with Crippen LogP contribution in [0.3, 0.4) is 0 Å². The Morgan fingerprint density at radius 2 is 2.04 bits per heavy atom. The van der Waals surface area contributed by atoms with Crippen molar-refractivity contribution in [3.8, 4) is 5.75 Å². The normalized spacial score (nSPS) is 10.4. The Kier molecular flexibility index (Phi) is 5.18. The average Bonchev–Trinajstić information content (AvgIpc) is 2.69. The molecule has 11 heteroatoms. The topological polar surface area (TPSA) is 145 Å². The first-order valence-corrected chi connectivity index (χ1v) is 7.92. The van der Waals surface area contributed by atoms with Gasteiger partial charge in [-0.05, 0) is 12.1 Å². The van der Waals surface area contributed by atoms with Crippen molar-refractivity contribution < 1.29 is 14.1 Å². The lowest BCUT2D eigenvalue weighted by Gasteiger charge is -2.19. The SMILES string of the molecule is COc1cc(F)c([N+](=O)[O-])cc1Nc1nccc(N(N)c2ccccc2N)n1. The third-order valence-electron chi connectivity index (χ3n) is 3.80. The molecule has 0 unspecified atom stereocenters. The number of hydrazine groups is 1. The highest BCUT2D eigenvalue weighted by Gasteiger charge is 2.20. The van der Waals surface area contributed by atoms with Gasteiger partial charge in [-0.15, -0.1) is 0 Å². The van der Waals surface area contributed by atoms with Gasteiger partial charge in [-0.25, -0.2) is 10.8 Å². The zero-order valence-electron chi connectivity index (χ0n) is 14.7. The molecule has 0 fully saturated rings. The molecule has 0 aliphatic carbocycles. The quantitative estimate of drug-likeness (QED) is 0.252. The smallest absolute Gasteiger partial charge is 0.307 e. The monoisotopic (exact) mass is 385 g/mol. The minimum absolute atomic E-state index is 0.0500. The molecule has 0 radical (unpaired) electrons. The van der Waals surface area contributed by atoms with Crippen LogP contribution in [0.1, 0.15) is 0 Å². The van der Waals surface area contributed by atoms with Gasteiger partial charge in [0.1, 0.15) is 5.75 Å². The van der Waals surface area contributed by atoms with Crippen LogP contribution in [0.2, 0.25) is 0 Å². The second-order valence-electron chi connectivity index (χ2n) is 5.55. The molecule has 1 heterocycles. The molecule has 0 atom stereocenters. The van der Waals surface area contributed by atoms with E-state index in [2.05, 4.69) is 15.3 Å². The van der Waals surface area contributed by atoms with Gasteiger partial charge in [0.2, 0.25) is 11.8 Å². The van der Waals surface area contributed by atoms with Crippen molar-refractivity contribution in [3.63, 3.8) is 0 Å². The number of nitro groups is 1. The van der Waals surface area contributed by atoms with E-state index in [9.17, 15) is 14.5 Å². The Hall–Kier alpha value is -3.99. The molecule has 0 saturated heterocycles. The van der Waals surface area contributed by atoms with Crippen LogP contribution in [-0.2, 0) is 0 Å². The number of anilines is 5. The number of nitrogen functional groups attached to an aromatic ring is 1. The van der Waals surface area contributed by atoms with E-state index >= 15 is 0 Å². The first kappa shape index (κ1) is 18.8. The zero-order chi connectivity index (χ0) is 20.3. The highest BCUT2D eigenvalue weighted by molar-refractivity contribution is 5.73. The third-order valence-corrected chi connectivity index (χ3v) is 3.80. The van der Waals surface area contributed by atoms with Crippen molar-refractivity contribution in [1.82, 2.24) is 9.97 Å². The van der Waals surface area contributed by atoms with E-state index in [4.69, 9.17) is 16.3 Å². The standard InChI is InChI=1S/C17H16FN7O3/c1-28-15-8-10(18)14(25(26)27)9-12(15)22-17-21-7-6-16(23-17)24(20)13-5-3-2-4-11(13)19/h2-9H,19-20H2,1H3,(H,21,22,23). The molecule has 2 aromatic carbocycles. The largest absolute Gasteiger partial charge is 0.494 e. The number of hydrogen-bond acceptors (Lipinski definition) is 9. The summed E-state index contributed by atoms with van der Waals surface area (Å²) in [6, 6.07) is 10.4. The summed E-state index contributed by atoms with van der Waals surface area (Å²) in [4.78, 5) is 18.5. The van der Waals surface area contributed by atoms with Crippen molar-refractivity contribution in [2.75, 3.05) is 23.2 Å². The van der Waals surface area contributed by atoms with Crippen molar-refractivity contribution in [2.24, 2.45) is 5.84 Å². The van der Waals surface area contributed by atoms with Crippen LogP contribution in [0.4, 0.5) is 38.9 Å². The van der Waals surface area contributed by atoms with Gasteiger partial charge in [-0.1, -0.05) is 12.1 Å². The maximum absolute atomic E-state index is 13.8. The van der Waals surface area contributed by atoms with Gasteiger partial charge in [-0.3, -0.25) is 15.1 Å². The first-order valence-electron chi connectivity index (χ1n) is 7.92. The number of para-hydroxylation sites is 2. The molecule has 3 rings (SSSR count). The number of nitro benzene ring substituents is 1. The van der Waals surface area contributed by atoms with Crippen LogP contribution in [-0.4, -0.2) is 22.0 Å². The number of nitrogens with one attached hydrogen (secondary N) is 1. The van der Waals surface area contributed by atoms with E-state index in [1.807, 2.05) is 0 Å². The summed E-state index contributed by atoms with van der Waals surface area (Å²) in [6.45, 7) is 0. The predicted octanol–water partition coefficient (Wildman–Crippen LogP) is 2.87. The summed E-state index contributed by atoms with van der Waals surface area (Å²) >= 11 is 0. The number of nitrogens with zero attached hydrogens (tertiary/aromatic N) is 4. The Morgan fingerprint density at radius 3 is 2.71 bits per heavy atom. The molecule has 0 amide bonds. The molecule has 10 nitrogen and oxygen atoms in total. The highest BCUT2D eigenvalue weighted by atomic mass is 19.1. The van der Waals surface area contributed by atoms with Crippen LogP contribution >= 0.6 is 0 Å². The van der Waals surface area contributed by atoms with E-state index in [1.165, 1.54) is 18.3 Å². The molecule has 0 bridgehead atoms. The zero-order valence-corrected chi connectivity index (χ0v) is 14.7. The number of rotatable bonds is 6. The van der Waals surface area contributed by atoms with Crippen LogP contribution in [0.25, 0.3) is 0 Å². The molecule has 0 saturated carbocycles. The summed E-state index contributed by atoms with van der Waals surface area (Å²) < 4.78 is 18.8. The molecular weight excluding hydrogens is 369 g/mol. The second-order valence-corrected chi connectivity index (χ2v) is 5.55. The Bertz CT molecular complexity index is 1030. The molecule has 0 spiro atoms. The van der Waals surface area contributed by atoms with Crippen LogP contribution in [0.5, 0.6) is 5.75 Å². The Morgan fingerprint density at radius 1 is 1.29 bits per heavy atom. The molecule has 5 N–H and O–H groups in total. The molecule has 1 aromatic heterocycles. The van der Waals surface area contributed by atoms with Crippen LogP contribution in [0, 0.1) is 15.9 Å². The average molecular weight is 385 g/mol. The van der Waals surface area contributed by atoms with Gasteiger partial charge >= 0.3 is 5.69 Å². The lowest BCUT2D eigenvalue weighted by Crippen LogP contribution is -2.27. The van der Waals surface area contributed by atoms with Crippen LogP contribution in [0.15, 0.2) is 48.7 Å². The number of nitrogens with two attached hydrogens (primary N) is 2. The first-order chi connectivity index (χ1) is 13.4. The fourth-order valence-corrected chi connectivity index (χ4v) is 2.44. The minimum atomic E-state index is -1.02. The van der Waals surface area contributed by atoms with Gasteiger partial charge in [-0.2, -0.15) is 9.37 Å². The van der Waals surface area contributed by atoms with E-state index in [1.54, 1.807) is 30.3 Å². The van der Waals surface area contributed by atoms with E-state index in [-0.39, 0.29) is 17.4 Å². The van der Waals surface area contributed by atoms with Gasteiger partial charge < -0.3 is 15.8 Å². The summed E-state index contributed by atoms with van der Waals surface area (Å²) in [7, 11) is 1.31. The molecular formula is C17H16FN7O3. The summed E-state index contributed by atoms with van der Waals surface area (Å²) in [5.74, 6) is 5.50. The van der Waals surface area contributed by atoms with Gasteiger partial charge in [0.05, 0.1) is 29.1 Å². The van der Waals surface area contributed by atoms with Crippen LogP contribution < -0.4 is 26.6 Å². The number of ether oxygens (including phenoxy) is 1. The molecule has 0 aliphatic heterocycles. The molecule has 3 aromatic rings. The van der Waals surface area contributed by atoms with Crippen molar-refractivity contribution in [3.05, 3.63) is 64.6 Å². The number of halogens is 1. The fourth-order valence-electron chi connectivity index (χ4n) is 2.44. The number of methoxy groups -OCH3 is 1. The maximum Gasteiger partial charge on any atom is 0.307 e. The number of aromatic nitrogens is 2. The fraction of sp³-hybridized carbons (Fsp3) is 0.0588. The van der Waals surface area contributed by atoms with E-state index in [0.29, 0.717) is 17.2 Å². The summed E-state index contributed by atoms with van der Waals surface area (Å²) in [5.41, 5.74) is 6.31. The number of hydrogen-bond donors (Lipinski definition) is 3. The van der Waals surface area contributed by atoms with Gasteiger partial charge in [0, 0.05) is 24.4 Å². The lowest BCUT2D eigenvalue weighted by atomic mass is 10.2. The molecule has 0 aliphatic rings. The number of benzene rings is 2. The van der Waals surface area contributed by atoms with Crippen molar-refractivity contribution in [1.29, 1.82) is 0 Å². The Balaban J connectivity index is 1.95. The van der Waals surface area contributed by atoms with Crippen molar-refractivity contribution >= 4 is 34.5 Å². The van der Waals surface area contributed by atoms with Gasteiger partial charge in [0.15, 0.2) is 5.82 Å². The lowest BCUT2D eigenvalue weighted by molar-refractivity contribution is -0.387. The van der Waals surface area contributed by atoms with Crippen molar-refractivity contribution in [2.45, 2.75) is 0 Å². The molecule has 144 valence electrons. The highest BCUT2D eigenvalue weighted by Crippen LogP contribution is 2.33. The third kappa shape index (κ3) is 3.73. The minimum Gasteiger partial charge on any atom is -0.494 e. The van der Waals surface area contributed by atoms with E-state index < -0.39 is 16.4 Å². The summed E-state index contributed by atoms with van der Waals surface area (Å²) in [5, 5.41) is 15.0. The van der Waals surface area contributed by atoms with E-state index in [0.717, 1.165) is 12.1 Å². The van der Waals surface area contributed by atoms with Gasteiger partial charge in [0.25, 0.3) is 0 Å². The molecule has 28 heavy (non-hydrogen) atoms. The second kappa shape index (κ2) is 7.72. The predicted molar refractivity (Wildman–Crippen MR) is 102 cm³/mol.